The summed E-state index contributed by atoms with van der Waals surface area (Å²) in [4.78, 5) is 53.1. The largest absolute Gasteiger partial charge is 0.347 e. The van der Waals surface area contributed by atoms with E-state index in [1.165, 1.54) is 0 Å². The van der Waals surface area contributed by atoms with Crippen LogP contribution in [0.15, 0.2) is 24.3 Å². The van der Waals surface area contributed by atoms with Gasteiger partial charge in [-0.25, -0.2) is 26.3 Å². The molecule has 4 bridgehead atoms. The Morgan fingerprint density at radius 1 is 0.609 bits per heavy atom. The molecule has 2 aliphatic carbocycles. The summed E-state index contributed by atoms with van der Waals surface area (Å²) in [6.45, 7) is 5.70. The Hall–Kier alpha value is -3.99. The van der Waals surface area contributed by atoms with Crippen LogP contribution in [0.2, 0.25) is 0 Å². The van der Waals surface area contributed by atoms with Crippen molar-refractivity contribution in [2.45, 2.75) is 146 Å². The van der Waals surface area contributed by atoms with Crippen molar-refractivity contribution in [3.8, 4) is 0 Å². The monoisotopic (exact) mass is 921 g/mol. The standard InChI is InChI=1S/C26H35F3N2O3S.C21H26F3N3O2/c1-26(2,3)35(34)14-18(8-17-11-22(28)23(29)12-21(17)27)16-9-19-6-7-20(10-16)31(19)24(32)13-30-25(33)15-4-5-15;22-16-9-18(24)17(23)7-12(16)8-19(25)13-5-14-3-4-15(6-13)27(14)20(28)10-26-21(29)11-1-2-11/h11-12,15-16,18-20H,4-10,13-14H2,1-3H3,(H,30,33);7,9,11,13-15,19H,1-6,8,10,25H2,(H,26,29)/t16?,18-,19-,20+,35+;13?,14-,15+,19-/m01/s1. The molecule has 2 aromatic carbocycles. The zero-order valence-electron chi connectivity index (χ0n) is 36.8. The number of nitrogens with two attached hydrogens (primary N) is 1. The molecule has 352 valence electrons. The van der Waals surface area contributed by atoms with Gasteiger partial charge >= 0.3 is 0 Å². The molecule has 2 unspecified atom stereocenters. The van der Waals surface area contributed by atoms with Crippen molar-refractivity contribution in [2.75, 3.05) is 18.8 Å². The Kier molecular flexibility index (Phi) is 14.9. The minimum absolute atomic E-state index is 0.00450. The second-order valence-electron chi connectivity index (χ2n) is 20.0. The Labute approximate surface area is 373 Å². The number of halogens is 6. The molecule has 10 nitrogen and oxygen atoms in total. The Bertz CT molecular complexity index is 2090. The number of carbonyl (C=O) groups is 4. The van der Waals surface area contributed by atoms with E-state index >= 15 is 0 Å². The summed E-state index contributed by atoms with van der Waals surface area (Å²) in [6.07, 6.45) is 10.1. The van der Waals surface area contributed by atoms with E-state index in [-0.39, 0.29) is 114 Å². The zero-order valence-corrected chi connectivity index (χ0v) is 37.6. The summed E-state index contributed by atoms with van der Waals surface area (Å²) in [5, 5.41) is 5.49. The lowest BCUT2D eigenvalue weighted by molar-refractivity contribution is -0.138. The van der Waals surface area contributed by atoms with Gasteiger partial charge in [-0.2, -0.15) is 0 Å². The van der Waals surface area contributed by atoms with Crippen LogP contribution in [0.3, 0.4) is 0 Å². The van der Waals surface area contributed by atoms with Crippen LogP contribution in [-0.4, -0.2) is 91.4 Å². The van der Waals surface area contributed by atoms with Gasteiger partial charge in [0.25, 0.3) is 0 Å². The van der Waals surface area contributed by atoms with Gasteiger partial charge < -0.3 is 26.2 Å². The van der Waals surface area contributed by atoms with Crippen LogP contribution < -0.4 is 16.4 Å². The van der Waals surface area contributed by atoms with E-state index in [1.54, 1.807) is 0 Å². The van der Waals surface area contributed by atoms with Crippen molar-refractivity contribution in [1.82, 2.24) is 20.4 Å². The quantitative estimate of drug-likeness (QED) is 0.149. The molecule has 0 aromatic heterocycles. The first-order chi connectivity index (χ1) is 30.3. The first-order valence-electron chi connectivity index (χ1n) is 22.9. The van der Waals surface area contributed by atoms with Crippen LogP contribution in [0.4, 0.5) is 26.3 Å². The van der Waals surface area contributed by atoms with Gasteiger partial charge in [0.1, 0.15) is 11.6 Å². The third kappa shape index (κ3) is 11.5. The number of nitrogens with zero attached hydrogens (tertiary/aromatic N) is 2. The molecule has 0 spiro atoms. The van der Waals surface area contributed by atoms with Crippen molar-refractivity contribution in [3.05, 3.63) is 70.3 Å². The van der Waals surface area contributed by atoms with Crippen molar-refractivity contribution < 1.29 is 49.7 Å². The van der Waals surface area contributed by atoms with Crippen LogP contribution in [0.5, 0.6) is 0 Å². The fraction of sp³-hybridized carbons (Fsp3) is 0.660. The highest BCUT2D eigenvalue weighted by atomic mass is 32.2. The van der Waals surface area contributed by atoms with Crippen LogP contribution in [0.1, 0.15) is 109 Å². The molecule has 4 heterocycles. The molecule has 4 saturated heterocycles. The number of hydrogen-bond donors (Lipinski definition) is 3. The molecule has 0 radical (unpaired) electrons. The summed E-state index contributed by atoms with van der Waals surface area (Å²) in [5.41, 5.74) is 6.47. The van der Waals surface area contributed by atoms with Gasteiger partial charge in [0, 0.05) is 75.5 Å². The molecule has 4 N–H and O–H groups in total. The van der Waals surface area contributed by atoms with Gasteiger partial charge in [0.2, 0.25) is 23.6 Å². The van der Waals surface area contributed by atoms with E-state index in [1.807, 2.05) is 30.6 Å². The van der Waals surface area contributed by atoms with Crippen molar-refractivity contribution in [1.29, 1.82) is 0 Å². The van der Waals surface area contributed by atoms with E-state index in [4.69, 9.17) is 5.73 Å². The summed E-state index contributed by atoms with van der Waals surface area (Å²) in [7, 11) is -1.20. The van der Waals surface area contributed by atoms with E-state index in [0.717, 1.165) is 63.5 Å². The predicted octanol–water partition coefficient (Wildman–Crippen LogP) is 6.38. The molecule has 4 amide bonds. The van der Waals surface area contributed by atoms with E-state index in [2.05, 4.69) is 10.6 Å². The van der Waals surface area contributed by atoms with Crippen molar-refractivity contribution in [2.24, 2.45) is 35.3 Å². The fourth-order valence-corrected chi connectivity index (χ4v) is 11.7. The lowest BCUT2D eigenvalue weighted by Gasteiger charge is -2.42. The minimum atomic E-state index is -1.22. The number of piperidine rings is 2. The Balaban J connectivity index is 0.000000195. The molecule has 6 fully saturated rings. The fourth-order valence-electron chi connectivity index (χ4n) is 10.4. The van der Waals surface area contributed by atoms with Crippen LogP contribution >= 0.6 is 0 Å². The highest BCUT2D eigenvalue weighted by Gasteiger charge is 2.47. The topological polar surface area (TPSA) is 142 Å². The normalized spacial score (nSPS) is 26.4. The number of benzene rings is 2. The molecule has 9 atom stereocenters. The van der Waals surface area contributed by atoms with Crippen molar-refractivity contribution in [3.63, 3.8) is 0 Å². The maximum Gasteiger partial charge on any atom is 0.242 e. The molecule has 8 rings (SSSR count). The van der Waals surface area contributed by atoms with Gasteiger partial charge in [0.05, 0.1) is 13.1 Å². The molecule has 64 heavy (non-hydrogen) atoms. The molecule has 2 aromatic rings. The first kappa shape index (κ1) is 48.0. The van der Waals surface area contributed by atoms with Crippen molar-refractivity contribution >= 4 is 34.4 Å². The van der Waals surface area contributed by atoms with Gasteiger partial charge in [-0.05, 0) is 152 Å². The SMILES string of the molecule is CC(C)(C)[S@](=O)C[C@H](Cc1cc(F)c(F)cc1F)C1C[C@H]2CC[C@@H](C1)N2C(=O)CNC(=O)C1CC1.N[C@H](Cc1cc(F)c(F)cc1F)C1C[C@H]2CC[C@@H](C1)N2C(=O)CNC(=O)C1CC1. The smallest absolute Gasteiger partial charge is 0.242 e. The second-order valence-corrected chi connectivity index (χ2v) is 22.2. The van der Waals surface area contributed by atoms with E-state index in [0.29, 0.717) is 43.6 Å². The molecule has 17 heteroatoms. The number of amides is 4. The molecule has 4 aliphatic heterocycles. The van der Waals surface area contributed by atoms with Gasteiger partial charge in [-0.3, -0.25) is 23.4 Å². The number of carbonyl (C=O) groups excluding carboxylic acids is 4. The minimum Gasteiger partial charge on any atom is -0.347 e. The second kappa shape index (κ2) is 19.9. The van der Waals surface area contributed by atoms with E-state index in [9.17, 15) is 49.7 Å². The highest BCUT2D eigenvalue weighted by Crippen LogP contribution is 2.44. The number of fused-ring (bicyclic) bond motifs is 4. The summed E-state index contributed by atoms with van der Waals surface area (Å²) in [6, 6.07) is 2.67. The van der Waals surface area contributed by atoms with Crippen LogP contribution in [0.25, 0.3) is 0 Å². The molecule has 6 aliphatic rings. The van der Waals surface area contributed by atoms with Gasteiger partial charge in [-0.15, -0.1) is 0 Å². The third-order valence-corrected chi connectivity index (χ3v) is 16.4. The molecular weight excluding hydrogens is 861 g/mol. The van der Waals surface area contributed by atoms with Crippen LogP contribution in [0, 0.1) is 64.5 Å². The zero-order chi connectivity index (χ0) is 46.2. The maximum absolute atomic E-state index is 14.5. The molecular formula is C47H61F6N5O5S. The number of hydrogen-bond acceptors (Lipinski definition) is 6. The van der Waals surface area contributed by atoms with E-state index < -0.39 is 56.5 Å². The van der Waals surface area contributed by atoms with Gasteiger partial charge in [0.15, 0.2) is 23.3 Å². The average molecular weight is 922 g/mol. The summed E-state index contributed by atoms with van der Waals surface area (Å²) >= 11 is 0. The summed E-state index contributed by atoms with van der Waals surface area (Å²) < 4.78 is 95.0. The van der Waals surface area contributed by atoms with Gasteiger partial charge in [-0.1, -0.05) is 0 Å². The Morgan fingerprint density at radius 2 is 0.984 bits per heavy atom. The van der Waals surface area contributed by atoms with Crippen LogP contribution in [-0.2, 0) is 42.8 Å². The summed E-state index contributed by atoms with van der Waals surface area (Å²) in [5.74, 6) is -6.02. The lowest BCUT2D eigenvalue weighted by Crippen LogP contribution is -2.52. The predicted molar refractivity (Wildman–Crippen MR) is 228 cm³/mol. The molecule has 2 saturated carbocycles. The highest BCUT2D eigenvalue weighted by molar-refractivity contribution is 7.86. The maximum atomic E-state index is 14.5. The first-order valence-corrected chi connectivity index (χ1v) is 24.2. The third-order valence-electron chi connectivity index (χ3n) is 14.3. The number of rotatable bonds is 14. The Morgan fingerprint density at radius 3 is 1.38 bits per heavy atom. The average Bonchev–Trinajstić information content (AvgIpc) is 4.18. The number of nitrogens with one attached hydrogen (secondary N) is 2. The lowest BCUT2D eigenvalue weighted by atomic mass is 9.78.